The molecule has 1 aromatic heterocycles. The first-order chi connectivity index (χ1) is 12.2. The SMILES string of the molecule is CCc1ccnc(Cc2cccc(COCCN3CC[C@@H](F)C3)c2)n1. The normalized spacial score (nSPS) is 17.9. The second-order valence-electron chi connectivity index (χ2n) is 6.55. The van der Waals surface area contributed by atoms with E-state index in [0.29, 0.717) is 26.2 Å². The van der Waals surface area contributed by atoms with Crippen molar-refractivity contribution in [2.24, 2.45) is 0 Å². The predicted octanol–water partition coefficient (Wildman–Crippen LogP) is 3.19. The van der Waals surface area contributed by atoms with Gasteiger partial charge in [-0.05, 0) is 30.0 Å². The number of benzene rings is 1. The summed E-state index contributed by atoms with van der Waals surface area (Å²) in [7, 11) is 0. The van der Waals surface area contributed by atoms with Gasteiger partial charge >= 0.3 is 0 Å². The Kier molecular flexibility index (Phi) is 6.48. The fourth-order valence-electron chi connectivity index (χ4n) is 3.11. The Morgan fingerprint density at radius 1 is 1.28 bits per heavy atom. The summed E-state index contributed by atoms with van der Waals surface area (Å²) in [4.78, 5) is 11.0. The van der Waals surface area contributed by atoms with Crippen LogP contribution in [0.1, 0.15) is 36.0 Å². The number of alkyl halides is 1. The molecule has 2 aromatic rings. The number of hydrogen-bond donors (Lipinski definition) is 0. The van der Waals surface area contributed by atoms with E-state index in [9.17, 15) is 4.39 Å². The molecule has 1 aliphatic heterocycles. The van der Waals surface area contributed by atoms with E-state index in [2.05, 4.69) is 40.0 Å². The smallest absolute Gasteiger partial charge is 0.132 e. The van der Waals surface area contributed by atoms with Gasteiger partial charge in [-0.1, -0.05) is 31.2 Å². The summed E-state index contributed by atoms with van der Waals surface area (Å²) >= 11 is 0. The van der Waals surface area contributed by atoms with Crippen molar-refractivity contribution in [3.63, 3.8) is 0 Å². The molecule has 4 nitrogen and oxygen atoms in total. The largest absolute Gasteiger partial charge is 0.375 e. The lowest BCUT2D eigenvalue weighted by Gasteiger charge is -2.14. The number of rotatable bonds is 8. The predicted molar refractivity (Wildman–Crippen MR) is 96.3 cm³/mol. The van der Waals surface area contributed by atoms with Crippen molar-refractivity contribution in [3.8, 4) is 0 Å². The zero-order valence-electron chi connectivity index (χ0n) is 14.8. The number of halogens is 1. The lowest BCUT2D eigenvalue weighted by molar-refractivity contribution is 0.0975. The van der Waals surface area contributed by atoms with Gasteiger partial charge in [0.1, 0.15) is 12.0 Å². The Labute approximate surface area is 149 Å². The van der Waals surface area contributed by atoms with Crippen LogP contribution in [0.5, 0.6) is 0 Å². The Morgan fingerprint density at radius 3 is 2.96 bits per heavy atom. The highest BCUT2D eigenvalue weighted by atomic mass is 19.1. The van der Waals surface area contributed by atoms with Crippen LogP contribution in [-0.2, 0) is 24.2 Å². The molecule has 0 amide bonds. The zero-order valence-corrected chi connectivity index (χ0v) is 14.8. The first-order valence-corrected chi connectivity index (χ1v) is 9.05. The van der Waals surface area contributed by atoms with Gasteiger partial charge in [-0.25, -0.2) is 14.4 Å². The van der Waals surface area contributed by atoms with Crippen molar-refractivity contribution >= 4 is 0 Å². The first kappa shape index (κ1) is 18.0. The van der Waals surface area contributed by atoms with Gasteiger partial charge in [-0.2, -0.15) is 0 Å². The highest BCUT2D eigenvalue weighted by molar-refractivity contribution is 5.25. The minimum atomic E-state index is -0.662. The quantitative estimate of drug-likeness (QED) is 0.690. The average Bonchev–Trinajstić information content (AvgIpc) is 3.04. The van der Waals surface area contributed by atoms with E-state index in [4.69, 9.17) is 4.74 Å². The van der Waals surface area contributed by atoms with Gasteiger partial charge < -0.3 is 4.74 Å². The molecule has 0 spiro atoms. The molecule has 1 aliphatic rings. The minimum Gasteiger partial charge on any atom is -0.375 e. The van der Waals surface area contributed by atoms with Gasteiger partial charge in [0.25, 0.3) is 0 Å². The van der Waals surface area contributed by atoms with E-state index in [1.807, 2.05) is 18.3 Å². The van der Waals surface area contributed by atoms with Crippen molar-refractivity contribution in [2.45, 2.75) is 39.0 Å². The number of hydrogen-bond acceptors (Lipinski definition) is 4. The van der Waals surface area contributed by atoms with Gasteiger partial charge in [0.15, 0.2) is 0 Å². The van der Waals surface area contributed by atoms with Crippen LogP contribution in [-0.4, -0.2) is 47.3 Å². The molecule has 0 N–H and O–H groups in total. The zero-order chi connectivity index (χ0) is 17.5. The van der Waals surface area contributed by atoms with Gasteiger partial charge in [0.2, 0.25) is 0 Å². The maximum Gasteiger partial charge on any atom is 0.132 e. The molecule has 3 rings (SSSR count). The molecule has 25 heavy (non-hydrogen) atoms. The summed E-state index contributed by atoms with van der Waals surface area (Å²) in [5, 5.41) is 0. The van der Waals surface area contributed by atoms with Crippen LogP contribution in [0.4, 0.5) is 4.39 Å². The third-order valence-corrected chi connectivity index (χ3v) is 4.51. The molecule has 0 aliphatic carbocycles. The van der Waals surface area contributed by atoms with Crippen LogP contribution < -0.4 is 0 Å². The molecule has 134 valence electrons. The number of aromatic nitrogens is 2. The van der Waals surface area contributed by atoms with Gasteiger partial charge in [0, 0.05) is 37.9 Å². The second kappa shape index (κ2) is 9.02. The summed E-state index contributed by atoms with van der Waals surface area (Å²) in [6.45, 7) is 5.51. The summed E-state index contributed by atoms with van der Waals surface area (Å²) in [6, 6.07) is 10.3. The molecular weight excluding hydrogens is 317 g/mol. The van der Waals surface area contributed by atoms with Crippen LogP contribution in [0, 0.1) is 0 Å². The van der Waals surface area contributed by atoms with E-state index in [-0.39, 0.29) is 0 Å². The topological polar surface area (TPSA) is 38.2 Å². The lowest BCUT2D eigenvalue weighted by Crippen LogP contribution is -2.25. The number of likely N-dealkylation sites (tertiary alicyclic amines) is 1. The molecule has 0 unspecified atom stereocenters. The Morgan fingerprint density at radius 2 is 2.16 bits per heavy atom. The van der Waals surface area contributed by atoms with E-state index in [1.54, 1.807) is 0 Å². The molecule has 1 atom stereocenters. The van der Waals surface area contributed by atoms with Crippen LogP contribution in [0.2, 0.25) is 0 Å². The highest BCUT2D eigenvalue weighted by Crippen LogP contribution is 2.13. The summed E-state index contributed by atoms with van der Waals surface area (Å²) < 4.78 is 18.9. The number of ether oxygens (including phenoxy) is 1. The molecular formula is C20H26FN3O. The molecule has 2 heterocycles. The first-order valence-electron chi connectivity index (χ1n) is 9.05. The summed E-state index contributed by atoms with van der Waals surface area (Å²) in [5.74, 6) is 0.854. The third kappa shape index (κ3) is 5.58. The van der Waals surface area contributed by atoms with Gasteiger partial charge in [-0.15, -0.1) is 0 Å². The summed E-state index contributed by atoms with van der Waals surface area (Å²) in [5.41, 5.74) is 3.41. The van der Waals surface area contributed by atoms with Crippen molar-refractivity contribution in [1.82, 2.24) is 14.9 Å². The third-order valence-electron chi connectivity index (χ3n) is 4.51. The van der Waals surface area contributed by atoms with E-state index >= 15 is 0 Å². The standard InChI is InChI=1S/C20H26FN3O/c1-2-19-6-8-22-20(23-19)13-16-4-3-5-17(12-16)15-25-11-10-24-9-7-18(21)14-24/h3-6,8,12,18H,2,7,9-11,13-15H2,1H3/t18-/m1/s1. The average molecular weight is 343 g/mol. The minimum absolute atomic E-state index is 0.551. The Balaban J connectivity index is 1.47. The fourth-order valence-corrected chi connectivity index (χ4v) is 3.11. The monoisotopic (exact) mass is 343 g/mol. The molecule has 1 fully saturated rings. The maximum atomic E-state index is 13.1. The van der Waals surface area contributed by atoms with Crippen LogP contribution in [0.3, 0.4) is 0 Å². The molecule has 1 aromatic carbocycles. The molecule has 0 saturated carbocycles. The van der Waals surface area contributed by atoms with Crippen molar-refractivity contribution in [3.05, 3.63) is 59.2 Å². The van der Waals surface area contributed by atoms with Crippen LogP contribution in [0.15, 0.2) is 36.5 Å². The van der Waals surface area contributed by atoms with Gasteiger partial charge in [-0.3, -0.25) is 4.90 Å². The van der Waals surface area contributed by atoms with Crippen LogP contribution in [0.25, 0.3) is 0 Å². The van der Waals surface area contributed by atoms with Gasteiger partial charge in [0.05, 0.1) is 13.2 Å². The highest BCUT2D eigenvalue weighted by Gasteiger charge is 2.20. The van der Waals surface area contributed by atoms with Crippen molar-refractivity contribution in [1.29, 1.82) is 0 Å². The van der Waals surface area contributed by atoms with E-state index < -0.39 is 6.17 Å². The van der Waals surface area contributed by atoms with E-state index in [1.165, 1.54) is 5.56 Å². The Hall–Kier alpha value is -1.85. The van der Waals surface area contributed by atoms with Crippen molar-refractivity contribution < 1.29 is 9.13 Å². The van der Waals surface area contributed by atoms with Crippen LogP contribution >= 0.6 is 0 Å². The fraction of sp³-hybridized carbons (Fsp3) is 0.500. The second-order valence-corrected chi connectivity index (χ2v) is 6.55. The molecule has 0 bridgehead atoms. The molecule has 1 saturated heterocycles. The number of aryl methyl sites for hydroxylation is 1. The van der Waals surface area contributed by atoms with Crippen molar-refractivity contribution in [2.75, 3.05) is 26.2 Å². The Bertz CT molecular complexity index is 679. The molecule has 0 radical (unpaired) electrons. The van der Waals surface area contributed by atoms with E-state index in [0.717, 1.165) is 43.0 Å². The maximum absolute atomic E-state index is 13.1. The number of nitrogens with zero attached hydrogens (tertiary/aromatic N) is 3. The lowest BCUT2D eigenvalue weighted by atomic mass is 10.1. The molecule has 5 heteroatoms. The summed E-state index contributed by atoms with van der Waals surface area (Å²) in [6.07, 6.45) is 3.47.